The van der Waals surface area contributed by atoms with E-state index in [0.29, 0.717) is 23.3 Å². The summed E-state index contributed by atoms with van der Waals surface area (Å²) in [6.45, 7) is 2.18. The van der Waals surface area contributed by atoms with Crippen molar-refractivity contribution in [3.05, 3.63) is 64.2 Å². The van der Waals surface area contributed by atoms with E-state index in [9.17, 15) is 18.0 Å². The summed E-state index contributed by atoms with van der Waals surface area (Å²) in [6, 6.07) is 11.1. The summed E-state index contributed by atoms with van der Waals surface area (Å²) in [5.41, 5.74) is 0.423. The van der Waals surface area contributed by atoms with E-state index in [4.69, 9.17) is 4.74 Å². The fourth-order valence-electron chi connectivity index (χ4n) is 3.03. The normalized spacial score (nSPS) is 11.4. The molecule has 30 heavy (non-hydrogen) atoms. The van der Waals surface area contributed by atoms with Gasteiger partial charge in [0, 0.05) is 12.1 Å². The highest BCUT2D eigenvalue weighted by atomic mass is 32.2. The molecule has 0 bridgehead atoms. The first-order valence-electron chi connectivity index (χ1n) is 9.19. The van der Waals surface area contributed by atoms with E-state index in [0.717, 1.165) is 0 Å². The summed E-state index contributed by atoms with van der Waals surface area (Å²) < 4.78 is 31.9. The number of benzene rings is 2. The number of fused-ring (bicyclic) bond motifs is 1. The van der Waals surface area contributed by atoms with Crippen molar-refractivity contribution in [1.29, 1.82) is 0 Å². The minimum Gasteiger partial charge on any atom is -0.495 e. The van der Waals surface area contributed by atoms with Crippen molar-refractivity contribution < 1.29 is 17.9 Å². The maximum atomic E-state index is 13.0. The Bertz CT molecular complexity index is 1250. The van der Waals surface area contributed by atoms with E-state index >= 15 is 0 Å². The second-order valence-electron chi connectivity index (χ2n) is 6.42. The van der Waals surface area contributed by atoms with Crippen LogP contribution in [0.5, 0.6) is 5.75 Å². The maximum Gasteiger partial charge on any atom is 0.258 e. The van der Waals surface area contributed by atoms with Gasteiger partial charge in [-0.3, -0.25) is 9.59 Å². The molecule has 0 aliphatic heterocycles. The summed E-state index contributed by atoms with van der Waals surface area (Å²) in [5.74, 6) is 0.0680. The van der Waals surface area contributed by atoms with Gasteiger partial charge in [0.2, 0.25) is 10.0 Å². The molecule has 1 aromatic heterocycles. The van der Waals surface area contributed by atoms with Gasteiger partial charge in [-0.2, -0.15) is 0 Å². The number of rotatable bonds is 7. The zero-order valence-corrected chi connectivity index (χ0v) is 17.6. The van der Waals surface area contributed by atoms with E-state index in [1.165, 1.54) is 37.3 Å². The largest absolute Gasteiger partial charge is 0.495 e. The minimum absolute atomic E-state index is 0.0650. The topological polar surface area (TPSA) is 121 Å². The van der Waals surface area contributed by atoms with E-state index < -0.39 is 15.9 Å². The fraction of sp³-hybridized carbons (Fsp3) is 0.250. The highest BCUT2D eigenvalue weighted by Gasteiger charge is 2.22. The molecule has 0 radical (unpaired) electrons. The molecule has 0 saturated heterocycles. The molecular formula is C20H22N4O5S. The lowest BCUT2D eigenvalue weighted by molar-refractivity contribution is 0.0748. The second-order valence-corrected chi connectivity index (χ2v) is 8.28. The van der Waals surface area contributed by atoms with Crippen LogP contribution in [0.3, 0.4) is 0 Å². The van der Waals surface area contributed by atoms with Crippen LogP contribution in [0.4, 0.5) is 0 Å². The van der Waals surface area contributed by atoms with Gasteiger partial charge in [0.1, 0.15) is 16.5 Å². The second kappa shape index (κ2) is 8.64. The van der Waals surface area contributed by atoms with Crippen LogP contribution in [-0.2, 0) is 16.6 Å². The molecule has 0 fully saturated rings. The third-order valence-corrected chi connectivity index (χ3v) is 6.08. The van der Waals surface area contributed by atoms with Gasteiger partial charge in [-0.15, -0.1) is 0 Å². The third kappa shape index (κ3) is 4.19. The first-order valence-corrected chi connectivity index (χ1v) is 10.7. The number of aromatic nitrogens is 2. The number of nitrogens with zero attached hydrogens (tertiary/aromatic N) is 2. The molecule has 3 aromatic rings. The monoisotopic (exact) mass is 430 g/mol. The van der Waals surface area contributed by atoms with Crippen molar-refractivity contribution in [2.45, 2.75) is 18.4 Å². The van der Waals surface area contributed by atoms with Crippen molar-refractivity contribution >= 4 is 26.8 Å². The maximum absolute atomic E-state index is 13.0. The molecule has 0 spiro atoms. The molecule has 0 unspecified atom stereocenters. The summed E-state index contributed by atoms with van der Waals surface area (Å²) in [5, 5.41) is 0.465. The zero-order valence-electron chi connectivity index (χ0n) is 16.8. The number of ether oxygens (including phenoxy) is 1. The van der Waals surface area contributed by atoms with Gasteiger partial charge >= 0.3 is 0 Å². The van der Waals surface area contributed by atoms with Crippen molar-refractivity contribution in [2.24, 2.45) is 0 Å². The van der Waals surface area contributed by atoms with Crippen LogP contribution >= 0.6 is 0 Å². The molecule has 9 nitrogen and oxygen atoms in total. The van der Waals surface area contributed by atoms with Crippen molar-refractivity contribution in [3.8, 4) is 5.75 Å². The van der Waals surface area contributed by atoms with Gasteiger partial charge in [-0.1, -0.05) is 12.1 Å². The lowest BCUT2D eigenvalue weighted by atomic mass is 10.2. The number of nitrogens with one attached hydrogen (secondary N) is 2. The van der Waals surface area contributed by atoms with Crippen LogP contribution in [0.15, 0.2) is 52.2 Å². The van der Waals surface area contributed by atoms with Crippen LogP contribution < -0.4 is 15.0 Å². The Morgan fingerprint density at radius 1 is 1.23 bits per heavy atom. The van der Waals surface area contributed by atoms with Crippen LogP contribution in [-0.4, -0.2) is 49.9 Å². The van der Waals surface area contributed by atoms with Crippen LogP contribution in [0.1, 0.15) is 23.1 Å². The molecule has 2 aromatic carbocycles. The zero-order chi connectivity index (χ0) is 21.9. The lowest BCUT2D eigenvalue weighted by Gasteiger charge is -2.21. The number of methoxy groups -OCH3 is 1. The Hall–Kier alpha value is -3.24. The Balaban J connectivity index is 1.95. The number of aromatic amines is 1. The number of sulfonamides is 1. The van der Waals surface area contributed by atoms with Gasteiger partial charge in [0.15, 0.2) is 0 Å². The van der Waals surface area contributed by atoms with E-state index in [-0.39, 0.29) is 28.3 Å². The van der Waals surface area contributed by atoms with Crippen LogP contribution in [0.2, 0.25) is 0 Å². The molecule has 0 saturated carbocycles. The van der Waals surface area contributed by atoms with Crippen LogP contribution in [0.25, 0.3) is 10.9 Å². The van der Waals surface area contributed by atoms with Gasteiger partial charge < -0.3 is 14.6 Å². The van der Waals surface area contributed by atoms with E-state index in [1.54, 1.807) is 31.2 Å². The third-order valence-electron chi connectivity index (χ3n) is 4.64. The smallest absolute Gasteiger partial charge is 0.258 e. The molecule has 158 valence electrons. The minimum atomic E-state index is -3.82. The Labute approximate surface area is 173 Å². The van der Waals surface area contributed by atoms with Crippen molar-refractivity contribution in [2.75, 3.05) is 20.7 Å². The molecule has 2 N–H and O–H groups in total. The number of carbonyl (C=O) groups is 1. The Morgan fingerprint density at radius 3 is 2.63 bits per heavy atom. The molecule has 0 aliphatic carbocycles. The average Bonchev–Trinajstić information content (AvgIpc) is 2.76. The lowest BCUT2D eigenvalue weighted by Crippen LogP contribution is -2.32. The SMILES string of the molecule is CCN(Cc1nc2ccccc2c(=O)[nH]1)C(=O)c1ccc(OC)c(S(=O)(=O)NC)c1. The molecule has 0 aliphatic rings. The highest BCUT2D eigenvalue weighted by molar-refractivity contribution is 7.89. The van der Waals surface area contributed by atoms with Gasteiger partial charge in [-0.25, -0.2) is 18.1 Å². The molecular weight excluding hydrogens is 408 g/mol. The standard InChI is InChI=1S/C20H22N4O5S/c1-4-24(12-18-22-15-8-6-5-7-14(15)19(25)23-18)20(26)13-9-10-16(29-3)17(11-13)30(27,28)21-2/h5-11,21H,4,12H2,1-3H3,(H,22,23,25). The number of para-hydroxylation sites is 1. The summed E-state index contributed by atoms with van der Waals surface area (Å²) in [6.07, 6.45) is 0. The molecule has 10 heteroatoms. The van der Waals surface area contributed by atoms with Crippen molar-refractivity contribution in [3.63, 3.8) is 0 Å². The van der Waals surface area contributed by atoms with E-state index in [2.05, 4.69) is 14.7 Å². The molecule has 0 atom stereocenters. The molecule has 1 amide bonds. The summed E-state index contributed by atoms with van der Waals surface area (Å²) in [7, 11) is -1.19. The first-order chi connectivity index (χ1) is 14.3. The van der Waals surface area contributed by atoms with Gasteiger partial charge in [-0.05, 0) is 44.3 Å². The van der Waals surface area contributed by atoms with E-state index in [1.807, 2.05) is 0 Å². The summed E-state index contributed by atoms with van der Waals surface area (Å²) in [4.78, 5) is 33.8. The number of H-pyrrole nitrogens is 1. The fourth-order valence-corrected chi connectivity index (χ4v) is 3.95. The summed E-state index contributed by atoms with van der Waals surface area (Å²) >= 11 is 0. The molecule has 1 heterocycles. The van der Waals surface area contributed by atoms with Gasteiger partial charge in [0.25, 0.3) is 11.5 Å². The predicted octanol–water partition coefficient (Wildman–Crippen LogP) is 1.50. The van der Waals surface area contributed by atoms with Gasteiger partial charge in [0.05, 0.1) is 24.6 Å². The average molecular weight is 430 g/mol. The Kier molecular flexibility index (Phi) is 6.18. The number of hydrogen-bond donors (Lipinski definition) is 2. The quantitative estimate of drug-likeness (QED) is 0.586. The Morgan fingerprint density at radius 2 is 1.97 bits per heavy atom. The first kappa shape index (κ1) is 21.5. The highest BCUT2D eigenvalue weighted by Crippen LogP contribution is 2.25. The number of hydrogen-bond acceptors (Lipinski definition) is 6. The predicted molar refractivity (Wildman–Crippen MR) is 112 cm³/mol. The van der Waals surface area contributed by atoms with Crippen molar-refractivity contribution in [1.82, 2.24) is 19.6 Å². The molecule has 3 rings (SSSR count). The number of amides is 1. The van der Waals surface area contributed by atoms with Crippen LogP contribution in [0, 0.1) is 0 Å². The number of carbonyl (C=O) groups excluding carboxylic acids is 1.